The van der Waals surface area contributed by atoms with Crippen molar-refractivity contribution in [2.24, 2.45) is 11.7 Å². The van der Waals surface area contributed by atoms with E-state index in [1.54, 1.807) is 55.6 Å². The third-order valence-corrected chi connectivity index (χ3v) is 7.32. The largest absolute Gasteiger partial charge is 0.330 e. The summed E-state index contributed by atoms with van der Waals surface area (Å²) in [5, 5.41) is 0. The summed E-state index contributed by atoms with van der Waals surface area (Å²) >= 11 is 0. The van der Waals surface area contributed by atoms with Crippen molar-refractivity contribution in [3.05, 3.63) is 66.1 Å². The van der Waals surface area contributed by atoms with Crippen molar-refractivity contribution in [1.82, 2.24) is 14.3 Å². The molecular formula is C22H23FN4O2S. The second-order valence-electron chi connectivity index (χ2n) is 7.51. The highest BCUT2D eigenvalue weighted by Gasteiger charge is 2.31. The highest BCUT2D eigenvalue weighted by Crippen LogP contribution is 2.27. The first-order valence-corrected chi connectivity index (χ1v) is 11.2. The van der Waals surface area contributed by atoms with Crippen molar-refractivity contribution in [3.8, 4) is 22.6 Å². The molecule has 6 nitrogen and oxygen atoms in total. The lowest BCUT2D eigenvalue weighted by atomic mass is 10.1. The molecule has 2 heterocycles. The van der Waals surface area contributed by atoms with Crippen molar-refractivity contribution in [2.75, 3.05) is 19.6 Å². The summed E-state index contributed by atoms with van der Waals surface area (Å²) < 4.78 is 40.8. The number of aromatic nitrogens is 2. The molecule has 0 spiro atoms. The van der Waals surface area contributed by atoms with Crippen LogP contribution in [0, 0.1) is 18.7 Å². The van der Waals surface area contributed by atoms with E-state index in [1.807, 2.05) is 0 Å². The van der Waals surface area contributed by atoms with Gasteiger partial charge in [-0.3, -0.25) is 0 Å². The molecule has 1 atom stereocenters. The minimum absolute atomic E-state index is 0.213. The standard InChI is InChI=1S/C22H23FN4O2S/c1-15-12-18(4-7-20(15)23)21-8-10-25-22(26-21)17-2-5-19(6-3-17)30(28,29)27-11-9-16(13-24)14-27/h2-8,10,12,16H,9,11,13-14,24H2,1H3. The van der Waals surface area contributed by atoms with Crippen LogP contribution in [0.5, 0.6) is 0 Å². The summed E-state index contributed by atoms with van der Waals surface area (Å²) in [6.07, 6.45) is 2.43. The van der Waals surface area contributed by atoms with Gasteiger partial charge in [-0.1, -0.05) is 0 Å². The maximum Gasteiger partial charge on any atom is 0.243 e. The van der Waals surface area contributed by atoms with Crippen LogP contribution in [-0.2, 0) is 10.0 Å². The minimum Gasteiger partial charge on any atom is -0.330 e. The average molecular weight is 427 g/mol. The minimum atomic E-state index is -3.54. The molecule has 1 fully saturated rings. The Morgan fingerprint density at radius 3 is 2.53 bits per heavy atom. The van der Waals surface area contributed by atoms with Crippen molar-refractivity contribution < 1.29 is 12.8 Å². The van der Waals surface area contributed by atoms with E-state index < -0.39 is 10.0 Å². The number of nitrogens with zero attached hydrogens (tertiary/aromatic N) is 3. The summed E-state index contributed by atoms with van der Waals surface area (Å²) in [4.78, 5) is 9.12. The van der Waals surface area contributed by atoms with Crippen molar-refractivity contribution in [1.29, 1.82) is 0 Å². The molecule has 3 aromatic rings. The average Bonchev–Trinajstić information content (AvgIpc) is 3.26. The van der Waals surface area contributed by atoms with Gasteiger partial charge in [0.05, 0.1) is 10.6 Å². The van der Waals surface area contributed by atoms with E-state index in [2.05, 4.69) is 9.97 Å². The van der Waals surface area contributed by atoms with Crippen molar-refractivity contribution >= 4 is 10.0 Å². The number of aryl methyl sites for hydroxylation is 1. The highest BCUT2D eigenvalue weighted by atomic mass is 32.2. The van der Waals surface area contributed by atoms with Crippen LogP contribution in [0.1, 0.15) is 12.0 Å². The fraction of sp³-hybridized carbons (Fsp3) is 0.273. The lowest BCUT2D eigenvalue weighted by molar-refractivity contribution is 0.459. The molecule has 2 N–H and O–H groups in total. The van der Waals surface area contributed by atoms with Crippen LogP contribution in [0.3, 0.4) is 0 Å². The van der Waals surface area contributed by atoms with Gasteiger partial charge in [0.1, 0.15) is 5.82 Å². The van der Waals surface area contributed by atoms with Crippen LogP contribution in [0.15, 0.2) is 59.6 Å². The van der Waals surface area contributed by atoms with E-state index in [0.717, 1.165) is 12.0 Å². The van der Waals surface area contributed by atoms with Gasteiger partial charge in [-0.15, -0.1) is 0 Å². The second kappa shape index (κ2) is 8.22. The van der Waals surface area contributed by atoms with Crippen molar-refractivity contribution in [2.45, 2.75) is 18.2 Å². The van der Waals surface area contributed by atoms with Gasteiger partial charge in [-0.25, -0.2) is 22.8 Å². The molecular weight excluding hydrogens is 403 g/mol. The van der Waals surface area contributed by atoms with E-state index in [0.29, 0.717) is 42.3 Å². The smallest absolute Gasteiger partial charge is 0.243 e. The number of halogens is 1. The summed E-state index contributed by atoms with van der Waals surface area (Å²) in [7, 11) is -3.54. The third-order valence-electron chi connectivity index (χ3n) is 5.44. The molecule has 0 radical (unpaired) electrons. The third kappa shape index (κ3) is 3.98. The molecule has 1 aromatic heterocycles. The lowest BCUT2D eigenvalue weighted by Gasteiger charge is -2.16. The first-order chi connectivity index (χ1) is 14.4. The Labute approximate surface area is 175 Å². The normalized spacial score (nSPS) is 17.4. The van der Waals surface area contributed by atoms with Gasteiger partial charge < -0.3 is 5.73 Å². The van der Waals surface area contributed by atoms with Gasteiger partial charge in [0.2, 0.25) is 10.0 Å². The van der Waals surface area contributed by atoms with Crippen LogP contribution in [0.25, 0.3) is 22.6 Å². The lowest BCUT2D eigenvalue weighted by Crippen LogP contribution is -2.30. The second-order valence-corrected chi connectivity index (χ2v) is 9.45. The SMILES string of the molecule is Cc1cc(-c2ccnc(-c3ccc(S(=O)(=O)N4CCC(CN)C4)cc3)n2)ccc1F. The molecule has 0 bridgehead atoms. The van der Waals surface area contributed by atoms with Crippen LogP contribution < -0.4 is 5.73 Å². The quantitative estimate of drug-likeness (QED) is 0.677. The molecule has 4 rings (SSSR count). The maximum atomic E-state index is 13.6. The van der Waals surface area contributed by atoms with E-state index in [-0.39, 0.29) is 16.6 Å². The van der Waals surface area contributed by atoms with Gasteiger partial charge in [0, 0.05) is 30.4 Å². The van der Waals surface area contributed by atoms with E-state index in [9.17, 15) is 12.8 Å². The number of benzene rings is 2. The first kappa shape index (κ1) is 20.6. The van der Waals surface area contributed by atoms with E-state index in [4.69, 9.17) is 5.73 Å². The molecule has 30 heavy (non-hydrogen) atoms. The fourth-order valence-electron chi connectivity index (χ4n) is 3.60. The van der Waals surface area contributed by atoms with Crippen LogP contribution in [-0.4, -0.2) is 42.3 Å². The van der Waals surface area contributed by atoms with Gasteiger partial charge in [-0.05, 0) is 79.9 Å². The number of rotatable bonds is 5. The number of hydrogen-bond acceptors (Lipinski definition) is 5. The Morgan fingerprint density at radius 1 is 1.13 bits per heavy atom. The molecule has 1 unspecified atom stereocenters. The Hall–Kier alpha value is -2.68. The van der Waals surface area contributed by atoms with E-state index >= 15 is 0 Å². The van der Waals surface area contributed by atoms with Gasteiger partial charge >= 0.3 is 0 Å². The highest BCUT2D eigenvalue weighted by molar-refractivity contribution is 7.89. The molecule has 8 heteroatoms. The predicted molar refractivity (Wildman–Crippen MR) is 114 cm³/mol. The van der Waals surface area contributed by atoms with Crippen LogP contribution >= 0.6 is 0 Å². The topological polar surface area (TPSA) is 89.2 Å². The molecule has 1 aliphatic heterocycles. The Morgan fingerprint density at radius 2 is 1.87 bits per heavy atom. The fourth-order valence-corrected chi connectivity index (χ4v) is 5.13. The molecule has 0 amide bonds. The zero-order valence-corrected chi connectivity index (χ0v) is 17.4. The van der Waals surface area contributed by atoms with Gasteiger partial charge in [-0.2, -0.15) is 4.31 Å². The monoisotopic (exact) mass is 426 g/mol. The summed E-state index contributed by atoms with van der Waals surface area (Å²) in [5.41, 5.74) is 8.39. The molecule has 1 aliphatic rings. The first-order valence-electron chi connectivity index (χ1n) is 9.78. The summed E-state index contributed by atoms with van der Waals surface area (Å²) in [5.74, 6) is 0.425. The molecule has 156 valence electrons. The van der Waals surface area contributed by atoms with Crippen molar-refractivity contribution in [3.63, 3.8) is 0 Å². The molecule has 1 saturated heterocycles. The Bertz CT molecular complexity index is 1170. The molecule has 0 saturated carbocycles. The zero-order chi connectivity index (χ0) is 21.3. The van der Waals surface area contributed by atoms with Crippen LogP contribution in [0.4, 0.5) is 4.39 Å². The van der Waals surface area contributed by atoms with Gasteiger partial charge in [0.25, 0.3) is 0 Å². The number of hydrogen-bond donors (Lipinski definition) is 1. The maximum absolute atomic E-state index is 13.6. The zero-order valence-electron chi connectivity index (χ0n) is 16.6. The number of sulfonamides is 1. The predicted octanol–water partition coefficient (Wildman–Crippen LogP) is 3.23. The van der Waals surface area contributed by atoms with Gasteiger partial charge in [0.15, 0.2) is 5.82 Å². The molecule has 2 aromatic carbocycles. The molecule has 0 aliphatic carbocycles. The Kier molecular flexibility index (Phi) is 5.64. The number of nitrogens with two attached hydrogens (primary N) is 1. The van der Waals surface area contributed by atoms with Crippen LogP contribution in [0.2, 0.25) is 0 Å². The summed E-state index contributed by atoms with van der Waals surface area (Å²) in [6.45, 7) is 3.15. The summed E-state index contributed by atoms with van der Waals surface area (Å²) in [6, 6.07) is 13.2. The Balaban J connectivity index is 1.59. The van der Waals surface area contributed by atoms with E-state index in [1.165, 1.54) is 10.4 Å².